The highest BCUT2D eigenvalue weighted by Crippen LogP contribution is 2.00. The first-order valence-electron chi connectivity index (χ1n) is 3.21. The predicted molar refractivity (Wildman–Crippen MR) is 40.9 cm³/mol. The molecule has 0 amide bonds. The summed E-state index contributed by atoms with van der Waals surface area (Å²) in [5.41, 5.74) is 0.554. The molecule has 0 unspecified atom stereocenters. The Balaban J connectivity index is 2.77. The number of carboxylic acids is 1. The molecular formula is C8H6FNO2. The maximum absolute atomic E-state index is 12.2. The van der Waals surface area contributed by atoms with E-state index in [4.69, 9.17) is 5.11 Å². The zero-order valence-electron chi connectivity index (χ0n) is 6.07. The zero-order valence-corrected chi connectivity index (χ0v) is 6.07. The average Bonchev–Trinajstić information content (AvgIpc) is 2.03. The zero-order chi connectivity index (χ0) is 8.97. The molecule has 62 valence electrons. The van der Waals surface area contributed by atoms with Crippen molar-refractivity contribution in [3.8, 4) is 0 Å². The number of aliphatic carboxylic acids is 1. The van der Waals surface area contributed by atoms with Gasteiger partial charge < -0.3 is 5.11 Å². The Morgan fingerprint density at radius 3 is 2.83 bits per heavy atom. The number of hydrogen-bond acceptors (Lipinski definition) is 2. The summed E-state index contributed by atoms with van der Waals surface area (Å²) in [6, 6.07) is 2.61. The van der Waals surface area contributed by atoms with Gasteiger partial charge in [0.05, 0.1) is 0 Å². The van der Waals surface area contributed by atoms with Gasteiger partial charge in [0.1, 0.15) is 0 Å². The summed E-state index contributed by atoms with van der Waals surface area (Å²) in [4.78, 5) is 13.4. The molecule has 0 fully saturated rings. The van der Waals surface area contributed by atoms with Crippen LogP contribution in [0.25, 0.3) is 6.08 Å². The highest BCUT2D eigenvalue weighted by atomic mass is 19.1. The van der Waals surface area contributed by atoms with E-state index in [0.717, 1.165) is 6.08 Å². The number of halogens is 1. The van der Waals surface area contributed by atoms with Gasteiger partial charge in [-0.3, -0.25) is 0 Å². The molecule has 0 spiro atoms. The minimum atomic E-state index is -1.04. The molecule has 1 heterocycles. The number of nitrogens with zero attached hydrogens (tertiary/aromatic N) is 1. The van der Waals surface area contributed by atoms with E-state index in [2.05, 4.69) is 4.98 Å². The third-order valence-corrected chi connectivity index (χ3v) is 1.17. The van der Waals surface area contributed by atoms with E-state index < -0.39 is 11.9 Å². The fraction of sp³-hybridized carbons (Fsp3) is 0. The van der Waals surface area contributed by atoms with Crippen LogP contribution in [0.5, 0.6) is 0 Å². The van der Waals surface area contributed by atoms with Gasteiger partial charge in [-0.15, -0.1) is 0 Å². The van der Waals surface area contributed by atoms with Gasteiger partial charge >= 0.3 is 5.97 Å². The SMILES string of the molecule is O=C(O)/C=C/c1ccc(F)nc1. The summed E-state index contributed by atoms with van der Waals surface area (Å²) in [6.45, 7) is 0. The van der Waals surface area contributed by atoms with Gasteiger partial charge in [-0.2, -0.15) is 4.39 Å². The lowest BCUT2D eigenvalue weighted by Gasteiger charge is -1.89. The second-order valence-corrected chi connectivity index (χ2v) is 2.09. The maximum Gasteiger partial charge on any atom is 0.328 e. The third kappa shape index (κ3) is 2.49. The quantitative estimate of drug-likeness (QED) is 0.533. The van der Waals surface area contributed by atoms with E-state index in [-0.39, 0.29) is 0 Å². The Labute approximate surface area is 68.2 Å². The number of carboxylic acid groups (broad SMARTS) is 1. The van der Waals surface area contributed by atoms with Crippen molar-refractivity contribution in [2.24, 2.45) is 0 Å². The lowest BCUT2D eigenvalue weighted by atomic mass is 10.2. The van der Waals surface area contributed by atoms with Crippen LogP contribution in [0.4, 0.5) is 4.39 Å². The van der Waals surface area contributed by atoms with Crippen molar-refractivity contribution in [2.45, 2.75) is 0 Å². The van der Waals surface area contributed by atoms with Crippen molar-refractivity contribution in [1.29, 1.82) is 0 Å². The molecule has 0 aliphatic carbocycles. The largest absolute Gasteiger partial charge is 0.478 e. The van der Waals surface area contributed by atoms with Gasteiger partial charge in [-0.1, -0.05) is 0 Å². The van der Waals surface area contributed by atoms with E-state index in [0.29, 0.717) is 5.56 Å². The maximum atomic E-state index is 12.2. The molecule has 0 radical (unpaired) electrons. The van der Waals surface area contributed by atoms with Crippen LogP contribution in [0.15, 0.2) is 24.4 Å². The Hall–Kier alpha value is -1.71. The minimum absolute atomic E-state index is 0.554. The minimum Gasteiger partial charge on any atom is -0.478 e. The number of pyridine rings is 1. The van der Waals surface area contributed by atoms with E-state index in [1.807, 2.05) is 0 Å². The summed E-state index contributed by atoms with van der Waals surface area (Å²) < 4.78 is 12.2. The summed E-state index contributed by atoms with van der Waals surface area (Å²) in [7, 11) is 0. The second kappa shape index (κ2) is 3.61. The fourth-order valence-corrected chi connectivity index (χ4v) is 0.653. The van der Waals surface area contributed by atoms with Crippen molar-refractivity contribution in [3.63, 3.8) is 0 Å². The Bertz CT molecular complexity index is 305. The van der Waals surface area contributed by atoms with Gasteiger partial charge in [0.15, 0.2) is 0 Å². The highest BCUT2D eigenvalue weighted by molar-refractivity contribution is 5.85. The smallest absolute Gasteiger partial charge is 0.328 e. The molecule has 0 atom stereocenters. The van der Waals surface area contributed by atoms with Crippen molar-refractivity contribution in [2.75, 3.05) is 0 Å². The van der Waals surface area contributed by atoms with Crippen LogP contribution in [-0.2, 0) is 4.79 Å². The number of hydrogen-bond donors (Lipinski definition) is 1. The molecule has 0 aliphatic heterocycles. The Kier molecular flexibility index (Phi) is 2.53. The molecular weight excluding hydrogens is 161 g/mol. The van der Waals surface area contributed by atoms with E-state index in [1.165, 1.54) is 24.4 Å². The normalized spacial score (nSPS) is 10.4. The molecule has 1 N–H and O–H groups in total. The molecule has 1 aromatic heterocycles. The lowest BCUT2D eigenvalue weighted by Crippen LogP contribution is -1.86. The van der Waals surface area contributed by atoms with E-state index in [9.17, 15) is 9.18 Å². The average molecular weight is 167 g/mol. The summed E-state index contributed by atoms with van der Waals surface area (Å²) in [6.07, 6.45) is 3.57. The summed E-state index contributed by atoms with van der Waals surface area (Å²) in [5.74, 6) is -1.62. The van der Waals surface area contributed by atoms with Crippen molar-refractivity contribution >= 4 is 12.0 Å². The highest BCUT2D eigenvalue weighted by Gasteiger charge is 1.91. The molecule has 0 aliphatic rings. The summed E-state index contributed by atoms with van der Waals surface area (Å²) in [5, 5.41) is 8.25. The predicted octanol–water partition coefficient (Wildman–Crippen LogP) is 1.32. The van der Waals surface area contributed by atoms with Gasteiger partial charge in [-0.25, -0.2) is 9.78 Å². The van der Waals surface area contributed by atoms with Crippen LogP contribution in [0, 0.1) is 5.95 Å². The van der Waals surface area contributed by atoms with Gasteiger partial charge in [0.25, 0.3) is 0 Å². The molecule has 4 heteroatoms. The Morgan fingerprint density at radius 1 is 1.58 bits per heavy atom. The van der Waals surface area contributed by atoms with Crippen LogP contribution in [0.1, 0.15) is 5.56 Å². The topological polar surface area (TPSA) is 50.2 Å². The van der Waals surface area contributed by atoms with E-state index in [1.54, 1.807) is 0 Å². The standard InChI is InChI=1S/C8H6FNO2/c9-7-3-1-6(5-10-7)2-4-8(11)12/h1-5H,(H,11,12)/b4-2+. The van der Waals surface area contributed by atoms with Crippen LogP contribution in [0.2, 0.25) is 0 Å². The Morgan fingerprint density at radius 2 is 2.33 bits per heavy atom. The van der Waals surface area contributed by atoms with E-state index >= 15 is 0 Å². The monoisotopic (exact) mass is 167 g/mol. The molecule has 0 saturated carbocycles. The van der Waals surface area contributed by atoms with Crippen LogP contribution in [-0.4, -0.2) is 16.1 Å². The fourth-order valence-electron chi connectivity index (χ4n) is 0.653. The first-order valence-corrected chi connectivity index (χ1v) is 3.21. The molecule has 12 heavy (non-hydrogen) atoms. The first-order chi connectivity index (χ1) is 5.68. The molecule has 1 aromatic rings. The number of carbonyl (C=O) groups is 1. The van der Waals surface area contributed by atoms with Crippen molar-refractivity contribution in [3.05, 3.63) is 35.9 Å². The van der Waals surface area contributed by atoms with Gasteiger partial charge in [0, 0.05) is 12.3 Å². The van der Waals surface area contributed by atoms with Crippen LogP contribution >= 0.6 is 0 Å². The molecule has 0 aromatic carbocycles. The third-order valence-electron chi connectivity index (χ3n) is 1.17. The number of rotatable bonds is 2. The first kappa shape index (κ1) is 8.39. The molecule has 3 nitrogen and oxygen atoms in total. The lowest BCUT2D eigenvalue weighted by molar-refractivity contribution is -0.131. The molecule has 0 saturated heterocycles. The molecule has 0 bridgehead atoms. The van der Waals surface area contributed by atoms with Gasteiger partial charge in [0.2, 0.25) is 5.95 Å². The number of aromatic nitrogens is 1. The van der Waals surface area contributed by atoms with Crippen LogP contribution < -0.4 is 0 Å². The van der Waals surface area contributed by atoms with Crippen LogP contribution in [0.3, 0.4) is 0 Å². The van der Waals surface area contributed by atoms with Crippen molar-refractivity contribution in [1.82, 2.24) is 4.98 Å². The van der Waals surface area contributed by atoms with Gasteiger partial charge in [-0.05, 0) is 23.8 Å². The van der Waals surface area contributed by atoms with Crippen molar-refractivity contribution < 1.29 is 14.3 Å². The second-order valence-electron chi connectivity index (χ2n) is 2.09. The summed E-state index contributed by atoms with van der Waals surface area (Å²) >= 11 is 0. The molecule has 1 rings (SSSR count).